The predicted molar refractivity (Wildman–Crippen MR) is 133 cm³/mol. The molecule has 1 aliphatic rings. The summed E-state index contributed by atoms with van der Waals surface area (Å²) in [5.74, 6) is -0.607. The second kappa shape index (κ2) is 12.6. The molecule has 13 nitrogen and oxygen atoms in total. The zero-order valence-electron chi connectivity index (χ0n) is 21.2. The van der Waals surface area contributed by atoms with Gasteiger partial charge in [-0.2, -0.15) is 0 Å². The van der Waals surface area contributed by atoms with Gasteiger partial charge in [0.05, 0.1) is 31.5 Å². The van der Waals surface area contributed by atoms with E-state index in [2.05, 4.69) is 25.1 Å². The number of ether oxygens (including phenoxy) is 3. The standard InChI is InChI=1S/C22H36N7O6P/c1-14(2)34-18(30)8-9-27-36(32,28-16(4)22(31)35-17-6-5-7-17)13-33-15(3)10-29-12-26-19-20(23)24-11-25-21(19)29/h11-12,14-17H,5-10,13H2,1-4H3,(H2,23,24,25)(H2,27,28,32). The van der Waals surface area contributed by atoms with E-state index in [1.807, 2.05) is 6.92 Å². The first-order chi connectivity index (χ1) is 17.1. The summed E-state index contributed by atoms with van der Waals surface area (Å²) in [6, 6.07) is -0.831. The van der Waals surface area contributed by atoms with E-state index >= 15 is 0 Å². The molecule has 0 aromatic carbocycles. The number of imidazole rings is 1. The van der Waals surface area contributed by atoms with Gasteiger partial charge in [-0.25, -0.2) is 20.0 Å². The van der Waals surface area contributed by atoms with Crippen LogP contribution in [0.15, 0.2) is 12.7 Å². The summed E-state index contributed by atoms with van der Waals surface area (Å²) in [4.78, 5) is 36.7. The summed E-state index contributed by atoms with van der Waals surface area (Å²) in [7, 11) is -3.45. The normalized spacial score (nSPS) is 17.4. The molecule has 2 aromatic rings. The monoisotopic (exact) mass is 525 g/mol. The van der Waals surface area contributed by atoms with Gasteiger partial charge in [0, 0.05) is 6.54 Å². The highest BCUT2D eigenvalue weighted by atomic mass is 31.2. The first kappa shape index (κ1) is 28.0. The largest absolute Gasteiger partial charge is 0.463 e. The molecule has 0 saturated heterocycles. The van der Waals surface area contributed by atoms with Gasteiger partial charge in [-0.3, -0.25) is 19.2 Å². The van der Waals surface area contributed by atoms with Gasteiger partial charge in [0.2, 0.25) is 7.44 Å². The van der Waals surface area contributed by atoms with Crippen molar-refractivity contribution in [3.63, 3.8) is 0 Å². The molecule has 200 valence electrons. The quantitative estimate of drug-likeness (QED) is 0.242. The number of nitrogens with one attached hydrogen (secondary N) is 2. The van der Waals surface area contributed by atoms with Crippen LogP contribution < -0.4 is 15.9 Å². The average Bonchev–Trinajstić information content (AvgIpc) is 3.18. The molecule has 3 atom stereocenters. The van der Waals surface area contributed by atoms with E-state index in [0.29, 0.717) is 17.7 Å². The van der Waals surface area contributed by atoms with E-state index < -0.39 is 31.5 Å². The summed E-state index contributed by atoms with van der Waals surface area (Å²) in [6.07, 6.45) is 4.73. The van der Waals surface area contributed by atoms with E-state index in [9.17, 15) is 14.2 Å². The molecule has 3 unspecified atom stereocenters. The maximum Gasteiger partial charge on any atom is 0.323 e. The Hall–Kier alpha value is -2.60. The SMILES string of the molecule is CC(C)OC(=O)CCNP(=O)(COC(C)Cn1cnc2c(N)ncnc21)NC(C)C(=O)OC1CCC1. The lowest BCUT2D eigenvalue weighted by atomic mass is 9.96. The van der Waals surface area contributed by atoms with Crippen LogP contribution in [0.4, 0.5) is 5.82 Å². The minimum absolute atomic E-state index is 0.0163. The van der Waals surface area contributed by atoms with Gasteiger partial charge in [-0.05, 0) is 47.0 Å². The number of rotatable bonds is 14. The highest BCUT2D eigenvalue weighted by molar-refractivity contribution is 7.59. The molecular weight excluding hydrogens is 489 g/mol. The molecule has 1 fully saturated rings. The third-order valence-electron chi connectivity index (χ3n) is 5.58. The van der Waals surface area contributed by atoms with Gasteiger partial charge in [0.25, 0.3) is 0 Å². The molecule has 14 heteroatoms. The zero-order valence-corrected chi connectivity index (χ0v) is 22.1. The Labute approximate surface area is 210 Å². The van der Waals surface area contributed by atoms with E-state index in [1.165, 1.54) is 6.33 Å². The number of carbonyl (C=O) groups is 2. The lowest BCUT2D eigenvalue weighted by Gasteiger charge is -2.29. The minimum Gasteiger partial charge on any atom is -0.463 e. The van der Waals surface area contributed by atoms with Crippen LogP contribution in [0.3, 0.4) is 0 Å². The van der Waals surface area contributed by atoms with Crippen LogP contribution in [0, 0.1) is 0 Å². The summed E-state index contributed by atoms with van der Waals surface area (Å²) in [5, 5.41) is 5.72. The molecular formula is C22H36N7O6P. The van der Waals surface area contributed by atoms with Crippen molar-refractivity contribution < 1.29 is 28.4 Å². The molecule has 0 amide bonds. The Morgan fingerprint density at radius 3 is 2.64 bits per heavy atom. The van der Waals surface area contributed by atoms with Gasteiger partial charge in [-0.15, -0.1) is 0 Å². The van der Waals surface area contributed by atoms with Crippen LogP contribution in [0.5, 0.6) is 0 Å². The van der Waals surface area contributed by atoms with Crippen LogP contribution in [0.2, 0.25) is 0 Å². The molecule has 3 rings (SSSR count). The Balaban J connectivity index is 1.60. The average molecular weight is 526 g/mol. The Bertz CT molecular complexity index is 1090. The fourth-order valence-corrected chi connectivity index (χ4v) is 5.43. The summed E-state index contributed by atoms with van der Waals surface area (Å²) in [6.45, 7) is 7.37. The molecule has 2 heterocycles. The lowest BCUT2D eigenvalue weighted by molar-refractivity contribution is -0.154. The van der Waals surface area contributed by atoms with Crippen molar-refractivity contribution in [2.24, 2.45) is 0 Å². The molecule has 4 N–H and O–H groups in total. The number of hydrogen-bond acceptors (Lipinski definition) is 10. The van der Waals surface area contributed by atoms with Crippen LogP contribution in [0.1, 0.15) is 53.4 Å². The third-order valence-corrected chi connectivity index (χ3v) is 7.63. The van der Waals surface area contributed by atoms with Crippen molar-refractivity contribution in [1.82, 2.24) is 29.7 Å². The maximum atomic E-state index is 13.7. The minimum atomic E-state index is -3.45. The van der Waals surface area contributed by atoms with Crippen LogP contribution >= 0.6 is 7.44 Å². The van der Waals surface area contributed by atoms with Gasteiger partial charge in [0.15, 0.2) is 11.5 Å². The van der Waals surface area contributed by atoms with Crippen molar-refractivity contribution in [3.05, 3.63) is 12.7 Å². The van der Waals surface area contributed by atoms with Crippen molar-refractivity contribution in [3.8, 4) is 0 Å². The van der Waals surface area contributed by atoms with Crippen LogP contribution in [0.25, 0.3) is 11.2 Å². The molecule has 1 aliphatic carbocycles. The van der Waals surface area contributed by atoms with Gasteiger partial charge in [-0.1, -0.05) is 0 Å². The molecule has 0 aliphatic heterocycles. The number of nitrogens with zero attached hydrogens (tertiary/aromatic N) is 4. The third kappa shape index (κ3) is 7.95. The van der Waals surface area contributed by atoms with E-state index in [-0.39, 0.29) is 37.3 Å². The molecule has 0 bridgehead atoms. The van der Waals surface area contributed by atoms with E-state index in [1.54, 1.807) is 31.7 Å². The Kier molecular flexibility index (Phi) is 9.77. The number of nitrogen functional groups attached to an aromatic ring is 1. The smallest absolute Gasteiger partial charge is 0.323 e. The Morgan fingerprint density at radius 1 is 1.22 bits per heavy atom. The molecule has 36 heavy (non-hydrogen) atoms. The highest BCUT2D eigenvalue weighted by Gasteiger charge is 2.31. The van der Waals surface area contributed by atoms with Gasteiger partial charge >= 0.3 is 11.9 Å². The highest BCUT2D eigenvalue weighted by Crippen LogP contribution is 2.37. The first-order valence-electron chi connectivity index (χ1n) is 12.1. The summed E-state index contributed by atoms with van der Waals surface area (Å²) >= 11 is 0. The summed E-state index contributed by atoms with van der Waals surface area (Å²) < 4.78 is 31.9. The van der Waals surface area contributed by atoms with E-state index in [4.69, 9.17) is 19.9 Å². The number of nitrogens with two attached hydrogens (primary N) is 1. The van der Waals surface area contributed by atoms with Crippen molar-refractivity contribution >= 4 is 36.4 Å². The number of aromatic nitrogens is 4. The maximum absolute atomic E-state index is 13.7. The second-order valence-electron chi connectivity index (χ2n) is 9.21. The molecule has 0 spiro atoms. The fraction of sp³-hybridized carbons (Fsp3) is 0.682. The topological polar surface area (TPSA) is 173 Å². The summed E-state index contributed by atoms with van der Waals surface area (Å²) in [5.41, 5.74) is 6.90. The number of carbonyl (C=O) groups excluding carboxylic acids is 2. The fourth-order valence-electron chi connectivity index (χ4n) is 3.50. The van der Waals surface area contributed by atoms with Crippen molar-refractivity contribution in [1.29, 1.82) is 0 Å². The van der Waals surface area contributed by atoms with Crippen LogP contribution in [-0.4, -0.2) is 68.7 Å². The van der Waals surface area contributed by atoms with Crippen molar-refractivity contribution in [2.75, 3.05) is 18.6 Å². The predicted octanol–water partition coefficient (Wildman–Crippen LogP) is 1.97. The number of anilines is 1. The molecule has 0 radical (unpaired) electrons. The molecule has 2 aromatic heterocycles. The number of fused-ring (bicyclic) bond motifs is 1. The zero-order chi connectivity index (χ0) is 26.3. The van der Waals surface area contributed by atoms with Crippen molar-refractivity contribution in [2.45, 2.75) is 84.3 Å². The van der Waals surface area contributed by atoms with Crippen LogP contribution in [-0.2, 0) is 34.9 Å². The van der Waals surface area contributed by atoms with E-state index in [0.717, 1.165) is 19.3 Å². The Morgan fingerprint density at radius 2 is 1.97 bits per heavy atom. The number of hydrogen-bond donors (Lipinski definition) is 3. The van der Waals surface area contributed by atoms with Gasteiger partial charge in [0.1, 0.15) is 30.3 Å². The first-order valence-corrected chi connectivity index (χ1v) is 14.0. The number of esters is 2. The second-order valence-corrected chi connectivity index (χ2v) is 11.5. The van der Waals surface area contributed by atoms with Gasteiger partial charge < -0.3 is 24.5 Å². The lowest BCUT2D eigenvalue weighted by Crippen LogP contribution is -2.41. The molecule has 1 saturated carbocycles.